The summed E-state index contributed by atoms with van der Waals surface area (Å²) in [6, 6.07) is 0. The van der Waals surface area contributed by atoms with Gasteiger partial charge in [-0.15, -0.1) is 0 Å². The van der Waals surface area contributed by atoms with E-state index >= 15 is 0 Å². The Labute approximate surface area is 266 Å². The van der Waals surface area contributed by atoms with Crippen molar-refractivity contribution in [3.8, 4) is 0 Å². The van der Waals surface area contributed by atoms with E-state index in [2.05, 4.69) is 127 Å². The molecule has 0 aliphatic rings. The number of alkyl halides is 8. The Balaban J connectivity index is -0.000000490. The number of phosphoric ester groups is 2. The van der Waals surface area contributed by atoms with E-state index in [1.807, 2.05) is 0 Å². The average molecular weight is 1020 g/mol. The fraction of sp³-hybridized carbons (Fsp3) is 1.00. The van der Waals surface area contributed by atoms with Crippen molar-refractivity contribution in [1.29, 1.82) is 0 Å². The molecule has 0 bridgehead atoms. The van der Waals surface area contributed by atoms with Gasteiger partial charge >= 0.3 is 15.6 Å². The zero-order chi connectivity index (χ0) is 23.8. The molecule has 0 rings (SSSR count). The minimum atomic E-state index is -3.93. The van der Waals surface area contributed by atoms with E-state index in [9.17, 15) is 18.9 Å². The maximum Gasteiger partial charge on any atom is 0.472 e. The van der Waals surface area contributed by atoms with E-state index in [1.165, 1.54) is 0 Å². The molecule has 2 radical (unpaired) electrons. The topological polar surface area (TPSA) is 112 Å². The number of hydrogen-bond acceptors (Lipinski definition) is 6. The molecule has 0 amide bonds. The molecule has 0 saturated carbocycles. The van der Waals surface area contributed by atoms with Crippen LogP contribution in [-0.4, -0.2) is 99.9 Å². The highest BCUT2D eigenvalue weighted by Gasteiger charge is 2.24. The molecular weight excluding hydrogens is 998 g/mol. The number of hydrogen-bond donors (Lipinski definition) is 2. The third-order valence-corrected chi connectivity index (χ3v) is 13.2. The van der Waals surface area contributed by atoms with Gasteiger partial charge in [-0.3, -0.25) is 18.1 Å². The first-order valence-corrected chi connectivity index (χ1v) is 19.0. The van der Waals surface area contributed by atoms with Crippen LogP contribution in [0.1, 0.15) is 0 Å². The smallest absolute Gasteiger partial charge is 0.302 e. The van der Waals surface area contributed by atoms with E-state index in [1.54, 1.807) is 0 Å². The van der Waals surface area contributed by atoms with E-state index in [-0.39, 0.29) is 68.8 Å². The Bertz CT molecular complexity index is 449. The Morgan fingerprint density at radius 1 is 0.548 bits per heavy atom. The summed E-state index contributed by atoms with van der Waals surface area (Å²) < 4.78 is 41.6. The molecule has 0 aromatic rings. The fourth-order valence-corrected chi connectivity index (χ4v) is 4.67. The zero-order valence-corrected chi connectivity index (χ0v) is 31.8. The average Bonchev–Trinajstić information content (AvgIpc) is 2.72. The van der Waals surface area contributed by atoms with E-state index in [0.717, 1.165) is 0 Å². The van der Waals surface area contributed by atoms with Gasteiger partial charge in [-0.25, -0.2) is 9.13 Å². The molecule has 186 valence electrons. The lowest BCUT2D eigenvalue weighted by atomic mass is 10.5. The van der Waals surface area contributed by atoms with Gasteiger partial charge in [0.2, 0.25) is 0 Å². The predicted molar refractivity (Wildman–Crippen MR) is 155 cm³/mol. The van der Waals surface area contributed by atoms with Crippen molar-refractivity contribution in [2.75, 3.05) is 47.7 Å². The SMILES string of the molecule is O=P(O)(OCC(Br)CBr)OCC(Br)CBr.O=P(O)(OCC(Br)CBr)OCC(Br)CBr.[Mg]. The lowest BCUT2D eigenvalue weighted by Gasteiger charge is -2.14. The van der Waals surface area contributed by atoms with Crippen LogP contribution in [0.5, 0.6) is 0 Å². The molecule has 19 heteroatoms. The van der Waals surface area contributed by atoms with Gasteiger partial charge in [0.1, 0.15) is 0 Å². The second kappa shape index (κ2) is 23.9. The van der Waals surface area contributed by atoms with Crippen LogP contribution in [0.15, 0.2) is 0 Å². The molecule has 0 saturated heterocycles. The van der Waals surface area contributed by atoms with Gasteiger partial charge in [-0.1, -0.05) is 127 Å². The van der Waals surface area contributed by atoms with Crippen molar-refractivity contribution in [3.05, 3.63) is 0 Å². The third kappa shape index (κ3) is 27.7. The summed E-state index contributed by atoms with van der Waals surface area (Å²) in [6.07, 6.45) is 0. The van der Waals surface area contributed by atoms with Gasteiger partial charge < -0.3 is 9.79 Å². The lowest BCUT2D eigenvalue weighted by Crippen LogP contribution is -2.12. The number of phosphoric acid groups is 2. The summed E-state index contributed by atoms with van der Waals surface area (Å²) in [7, 11) is -7.86. The molecule has 31 heavy (non-hydrogen) atoms. The highest BCUT2D eigenvalue weighted by atomic mass is 79.9. The highest BCUT2D eigenvalue weighted by molar-refractivity contribution is 9.13. The van der Waals surface area contributed by atoms with Crippen molar-refractivity contribution in [3.63, 3.8) is 0 Å². The molecule has 4 unspecified atom stereocenters. The molecule has 0 aromatic carbocycles. The monoisotopic (exact) mass is 1010 g/mol. The van der Waals surface area contributed by atoms with Gasteiger partial charge in [0.05, 0.1) is 26.4 Å². The van der Waals surface area contributed by atoms with Crippen molar-refractivity contribution in [1.82, 2.24) is 0 Å². The largest absolute Gasteiger partial charge is 0.472 e. The number of halogens is 8. The molecule has 0 spiro atoms. The standard InChI is InChI=1S/2C6H11Br4O4P.Mg/c2*7-1-5(9)3-13-15(11,12)14-4-6(10)2-8;/h2*5-6H,1-4H2,(H,11,12);. The van der Waals surface area contributed by atoms with Crippen molar-refractivity contribution in [2.24, 2.45) is 0 Å². The first-order valence-electron chi connectivity index (χ1n) is 7.86. The summed E-state index contributed by atoms with van der Waals surface area (Å²) >= 11 is 25.8. The highest BCUT2D eigenvalue weighted by Crippen LogP contribution is 2.44. The molecule has 0 aliphatic heterocycles. The second-order valence-corrected chi connectivity index (χ2v) is 15.8. The molecule has 0 aromatic heterocycles. The van der Waals surface area contributed by atoms with Gasteiger partial charge in [-0.05, 0) is 0 Å². The van der Waals surface area contributed by atoms with Crippen LogP contribution in [0.4, 0.5) is 0 Å². The molecule has 2 N–H and O–H groups in total. The Kier molecular flexibility index (Phi) is 31.1. The maximum atomic E-state index is 11.3. The lowest BCUT2D eigenvalue weighted by molar-refractivity contribution is 0.153. The van der Waals surface area contributed by atoms with Crippen LogP contribution >= 0.6 is 143 Å². The maximum absolute atomic E-state index is 11.3. The van der Waals surface area contributed by atoms with Crippen LogP contribution in [0, 0.1) is 0 Å². The Morgan fingerprint density at radius 3 is 0.839 bits per heavy atom. The van der Waals surface area contributed by atoms with Crippen molar-refractivity contribution >= 4 is 166 Å². The Morgan fingerprint density at radius 2 is 0.710 bits per heavy atom. The zero-order valence-electron chi connectivity index (χ0n) is 15.9. The molecule has 4 atom stereocenters. The van der Waals surface area contributed by atoms with Crippen LogP contribution in [0.3, 0.4) is 0 Å². The van der Waals surface area contributed by atoms with E-state index in [4.69, 9.17) is 18.1 Å². The van der Waals surface area contributed by atoms with Gasteiger partial charge in [-0.2, -0.15) is 0 Å². The van der Waals surface area contributed by atoms with Crippen molar-refractivity contribution < 1.29 is 37.0 Å². The van der Waals surface area contributed by atoms with Crippen LogP contribution in [0.2, 0.25) is 0 Å². The summed E-state index contributed by atoms with van der Waals surface area (Å²) in [6.45, 7) is 0.446. The molecule has 0 heterocycles. The fourth-order valence-electron chi connectivity index (χ4n) is 0.953. The first kappa shape index (κ1) is 40.3. The minimum Gasteiger partial charge on any atom is -0.302 e. The second-order valence-electron chi connectivity index (χ2n) is 5.13. The summed E-state index contributed by atoms with van der Waals surface area (Å²) in [5, 5.41) is 2.54. The first-order chi connectivity index (χ1) is 13.8. The van der Waals surface area contributed by atoms with Crippen LogP contribution < -0.4 is 0 Å². The van der Waals surface area contributed by atoms with Crippen molar-refractivity contribution in [2.45, 2.75) is 19.3 Å². The molecular formula is C12H22Br8MgO8P2. The van der Waals surface area contributed by atoms with E-state index in [0.29, 0.717) is 21.3 Å². The van der Waals surface area contributed by atoms with Gasteiger partial charge in [0, 0.05) is 63.7 Å². The van der Waals surface area contributed by atoms with Gasteiger partial charge in [0.25, 0.3) is 0 Å². The summed E-state index contributed by atoms with van der Waals surface area (Å²) in [4.78, 5) is 18.4. The normalized spacial score (nSPS) is 18.9. The third-order valence-electron chi connectivity index (χ3n) is 2.34. The summed E-state index contributed by atoms with van der Waals surface area (Å²) in [5.41, 5.74) is 0. The molecule has 0 aliphatic carbocycles. The summed E-state index contributed by atoms with van der Waals surface area (Å²) in [5.74, 6) is 0. The Hall–Kier alpha value is 4.83. The number of rotatable bonds is 16. The molecule has 0 fully saturated rings. The predicted octanol–water partition coefficient (Wildman–Crippen LogP) is 6.49. The molecule has 8 nitrogen and oxygen atoms in total. The minimum absolute atomic E-state index is 0. The van der Waals surface area contributed by atoms with Gasteiger partial charge in [0.15, 0.2) is 0 Å². The van der Waals surface area contributed by atoms with Crippen LogP contribution in [-0.2, 0) is 27.2 Å². The van der Waals surface area contributed by atoms with Crippen LogP contribution in [0.25, 0.3) is 0 Å². The quantitative estimate of drug-likeness (QED) is 0.103. The van der Waals surface area contributed by atoms with E-state index < -0.39 is 15.6 Å².